The lowest BCUT2D eigenvalue weighted by Crippen LogP contribution is -2.48. The number of nitrogens with zero attached hydrogens (tertiary/aromatic N) is 1. The molecule has 0 spiro atoms. The number of carboxylic acid groups (broad SMARTS) is 1. The van der Waals surface area contributed by atoms with Gasteiger partial charge in [-0.2, -0.15) is 13.2 Å². The van der Waals surface area contributed by atoms with Gasteiger partial charge in [-0.15, -0.1) is 11.8 Å². The Balaban J connectivity index is 2.13. The zero-order valence-electron chi connectivity index (χ0n) is 13.0. The normalized spacial score (nSPS) is 22.4. The van der Waals surface area contributed by atoms with E-state index in [1.807, 2.05) is 30.3 Å². The summed E-state index contributed by atoms with van der Waals surface area (Å²) in [6.45, 7) is 0.760. The molecule has 4 nitrogen and oxygen atoms in total. The van der Waals surface area contributed by atoms with Crippen LogP contribution in [0.2, 0.25) is 0 Å². The molecule has 8 heteroatoms. The number of hydrogen-bond acceptors (Lipinski definition) is 3. The van der Waals surface area contributed by atoms with Crippen LogP contribution in [-0.4, -0.2) is 46.4 Å². The lowest BCUT2D eigenvalue weighted by Gasteiger charge is -2.28. The van der Waals surface area contributed by atoms with Crippen LogP contribution in [0.3, 0.4) is 0 Å². The minimum absolute atomic E-state index is 0.198. The van der Waals surface area contributed by atoms with Gasteiger partial charge in [0.2, 0.25) is 5.91 Å². The molecule has 0 bridgehead atoms. The predicted octanol–water partition coefficient (Wildman–Crippen LogP) is 3.42. The minimum Gasteiger partial charge on any atom is -0.481 e. The number of benzene rings is 1. The molecule has 1 fully saturated rings. The molecular formula is C16H18F3NO3S. The largest absolute Gasteiger partial charge is 0.481 e. The van der Waals surface area contributed by atoms with E-state index in [2.05, 4.69) is 0 Å². The topological polar surface area (TPSA) is 57.6 Å². The second-order valence-corrected chi connectivity index (χ2v) is 7.00. The monoisotopic (exact) mass is 361 g/mol. The first-order valence-corrected chi connectivity index (χ1v) is 8.40. The molecule has 1 heterocycles. The van der Waals surface area contributed by atoms with Crippen LogP contribution in [-0.2, 0) is 9.59 Å². The van der Waals surface area contributed by atoms with Crippen LogP contribution in [0.4, 0.5) is 13.2 Å². The quantitative estimate of drug-likeness (QED) is 0.817. The first kappa shape index (κ1) is 18.6. The van der Waals surface area contributed by atoms with E-state index in [1.165, 1.54) is 11.8 Å². The van der Waals surface area contributed by atoms with Gasteiger partial charge < -0.3 is 10.0 Å². The Morgan fingerprint density at radius 1 is 1.33 bits per heavy atom. The van der Waals surface area contributed by atoms with Crippen molar-refractivity contribution in [3.05, 3.63) is 30.3 Å². The summed E-state index contributed by atoms with van der Waals surface area (Å²) in [6, 6.07) is 9.10. The third-order valence-electron chi connectivity index (χ3n) is 4.20. The van der Waals surface area contributed by atoms with Crippen molar-refractivity contribution in [1.82, 2.24) is 4.90 Å². The van der Waals surface area contributed by atoms with Gasteiger partial charge in [-0.25, -0.2) is 0 Å². The van der Waals surface area contributed by atoms with Crippen molar-refractivity contribution in [3.8, 4) is 0 Å². The number of thioether (sulfide) groups is 1. The highest BCUT2D eigenvalue weighted by molar-refractivity contribution is 8.00. The van der Waals surface area contributed by atoms with Crippen molar-refractivity contribution in [2.45, 2.75) is 36.1 Å². The molecule has 0 aliphatic carbocycles. The van der Waals surface area contributed by atoms with Gasteiger partial charge in [0.05, 0.1) is 5.25 Å². The molecule has 2 rings (SSSR count). The first-order valence-electron chi connectivity index (χ1n) is 7.52. The number of carbonyl (C=O) groups excluding carboxylic acids is 1. The molecule has 1 amide bonds. The number of carbonyl (C=O) groups is 2. The number of rotatable bonds is 5. The molecule has 0 saturated carbocycles. The molecule has 1 aromatic carbocycles. The lowest BCUT2D eigenvalue weighted by molar-refractivity contribution is -0.227. The van der Waals surface area contributed by atoms with Crippen molar-refractivity contribution in [2.75, 3.05) is 13.1 Å². The van der Waals surface area contributed by atoms with Crippen molar-refractivity contribution in [2.24, 2.45) is 5.41 Å². The van der Waals surface area contributed by atoms with Gasteiger partial charge in [-0.05, 0) is 25.0 Å². The Hall–Kier alpha value is -1.70. The third-order valence-corrected chi connectivity index (χ3v) is 5.56. The summed E-state index contributed by atoms with van der Waals surface area (Å²) in [5.41, 5.74) is -2.86. The highest BCUT2D eigenvalue weighted by Crippen LogP contribution is 2.46. The summed E-state index contributed by atoms with van der Waals surface area (Å²) < 4.78 is 39.6. The van der Waals surface area contributed by atoms with E-state index < -0.39 is 41.7 Å². The highest BCUT2D eigenvalue weighted by Gasteiger charge is 2.64. The maximum absolute atomic E-state index is 13.2. The van der Waals surface area contributed by atoms with E-state index in [0.717, 1.165) is 9.80 Å². The van der Waals surface area contributed by atoms with Crippen LogP contribution in [0.1, 0.15) is 19.8 Å². The van der Waals surface area contributed by atoms with Crippen molar-refractivity contribution in [1.29, 1.82) is 0 Å². The molecule has 24 heavy (non-hydrogen) atoms. The predicted molar refractivity (Wildman–Crippen MR) is 83.7 cm³/mol. The van der Waals surface area contributed by atoms with Gasteiger partial charge in [0.1, 0.15) is 0 Å². The van der Waals surface area contributed by atoms with E-state index in [9.17, 15) is 22.8 Å². The van der Waals surface area contributed by atoms with Gasteiger partial charge in [-0.1, -0.05) is 25.1 Å². The maximum atomic E-state index is 13.2. The van der Waals surface area contributed by atoms with Crippen molar-refractivity contribution in [3.63, 3.8) is 0 Å². The summed E-state index contributed by atoms with van der Waals surface area (Å²) in [5.74, 6) is -2.37. The minimum atomic E-state index is -4.89. The summed E-state index contributed by atoms with van der Waals surface area (Å²) >= 11 is 1.28. The van der Waals surface area contributed by atoms with Crippen LogP contribution < -0.4 is 0 Å². The molecule has 132 valence electrons. The van der Waals surface area contributed by atoms with Crippen LogP contribution in [0.5, 0.6) is 0 Å². The number of hydrogen-bond donors (Lipinski definition) is 1. The molecule has 1 aliphatic rings. The van der Waals surface area contributed by atoms with E-state index in [1.54, 1.807) is 6.92 Å². The molecule has 1 saturated heterocycles. The Bertz CT molecular complexity index is 608. The van der Waals surface area contributed by atoms with Gasteiger partial charge >= 0.3 is 12.1 Å². The Labute approximate surface area is 142 Å². The van der Waals surface area contributed by atoms with E-state index in [-0.39, 0.29) is 6.54 Å². The van der Waals surface area contributed by atoms with Gasteiger partial charge in [0, 0.05) is 18.0 Å². The summed E-state index contributed by atoms with van der Waals surface area (Å²) in [5, 5.41) is 8.53. The van der Waals surface area contributed by atoms with E-state index >= 15 is 0 Å². The number of aliphatic carboxylic acids is 1. The van der Waals surface area contributed by atoms with E-state index in [4.69, 9.17) is 5.11 Å². The number of carboxylic acids is 1. The Morgan fingerprint density at radius 2 is 1.96 bits per heavy atom. The van der Waals surface area contributed by atoms with Crippen molar-refractivity contribution < 1.29 is 27.9 Å². The number of halogens is 3. The second-order valence-electron chi connectivity index (χ2n) is 5.72. The lowest BCUT2D eigenvalue weighted by atomic mass is 9.86. The Kier molecular flexibility index (Phi) is 5.47. The summed E-state index contributed by atoms with van der Waals surface area (Å²) in [4.78, 5) is 25.6. The van der Waals surface area contributed by atoms with Crippen LogP contribution in [0, 0.1) is 5.41 Å². The molecule has 1 N–H and O–H groups in total. The number of likely N-dealkylation sites (tertiary alicyclic amines) is 1. The van der Waals surface area contributed by atoms with Gasteiger partial charge in [0.25, 0.3) is 0 Å². The summed E-state index contributed by atoms with van der Waals surface area (Å²) in [6.07, 6.45) is -5.05. The van der Waals surface area contributed by atoms with Crippen LogP contribution in [0.25, 0.3) is 0 Å². The average molecular weight is 361 g/mol. The average Bonchev–Trinajstić information content (AvgIpc) is 2.99. The SMILES string of the molecule is CCC(Sc1ccccc1)C(=O)N1CCC(C(=O)O)(C(F)(F)F)C1. The highest BCUT2D eigenvalue weighted by atomic mass is 32.2. The molecular weight excluding hydrogens is 343 g/mol. The van der Waals surface area contributed by atoms with Crippen LogP contribution >= 0.6 is 11.8 Å². The zero-order valence-corrected chi connectivity index (χ0v) is 13.9. The molecule has 2 atom stereocenters. The summed E-state index contributed by atoms with van der Waals surface area (Å²) in [7, 11) is 0. The van der Waals surface area contributed by atoms with Gasteiger partial charge in [0.15, 0.2) is 5.41 Å². The fraction of sp³-hybridized carbons (Fsp3) is 0.500. The third kappa shape index (κ3) is 3.53. The molecule has 2 unspecified atom stereocenters. The Morgan fingerprint density at radius 3 is 2.42 bits per heavy atom. The molecule has 0 aromatic heterocycles. The molecule has 1 aliphatic heterocycles. The maximum Gasteiger partial charge on any atom is 0.406 e. The fourth-order valence-electron chi connectivity index (χ4n) is 2.70. The van der Waals surface area contributed by atoms with Crippen LogP contribution in [0.15, 0.2) is 35.2 Å². The molecule has 0 radical (unpaired) electrons. The number of amides is 1. The zero-order chi connectivity index (χ0) is 18.0. The number of alkyl halides is 3. The standard InChI is InChI=1S/C16H18F3NO3S/c1-2-12(24-11-6-4-3-5-7-11)13(21)20-9-8-15(10-20,14(22)23)16(17,18)19/h3-7,12H,2,8-10H2,1H3,(H,22,23). The smallest absolute Gasteiger partial charge is 0.406 e. The fourth-order valence-corrected chi connectivity index (χ4v) is 3.76. The van der Waals surface area contributed by atoms with E-state index in [0.29, 0.717) is 6.42 Å². The first-order chi connectivity index (χ1) is 11.2. The second kappa shape index (κ2) is 7.04. The van der Waals surface area contributed by atoms with Crippen molar-refractivity contribution >= 4 is 23.6 Å². The molecule has 1 aromatic rings. The van der Waals surface area contributed by atoms with Gasteiger partial charge in [-0.3, -0.25) is 9.59 Å².